The Hall–Kier alpha value is -4.63. The molecule has 1 aromatic heterocycles. The molecule has 4 aromatic rings. The Labute approximate surface area is 190 Å². The largest absolute Gasteiger partial charge is 0.462 e. The van der Waals surface area contributed by atoms with Crippen molar-refractivity contribution in [2.24, 2.45) is 0 Å². The van der Waals surface area contributed by atoms with Crippen molar-refractivity contribution in [3.05, 3.63) is 95.8 Å². The van der Waals surface area contributed by atoms with E-state index in [2.05, 4.69) is 5.32 Å². The number of nitrogens with one attached hydrogen (secondary N) is 1. The second kappa shape index (κ2) is 9.67. The van der Waals surface area contributed by atoms with Gasteiger partial charge in [0.25, 0.3) is 5.91 Å². The van der Waals surface area contributed by atoms with Crippen molar-refractivity contribution in [3.8, 4) is 17.4 Å². The first kappa shape index (κ1) is 21.6. The topological polar surface area (TPSA) is 92.3 Å². The minimum Gasteiger partial charge on any atom is -0.462 e. The fourth-order valence-electron chi connectivity index (χ4n) is 3.33. The van der Waals surface area contributed by atoms with E-state index in [1.54, 1.807) is 49.4 Å². The molecule has 1 heterocycles. The summed E-state index contributed by atoms with van der Waals surface area (Å²) in [6, 6.07) is 25.5. The van der Waals surface area contributed by atoms with Crippen molar-refractivity contribution in [1.82, 2.24) is 0 Å². The Bertz CT molecular complexity index is 1390. The first-order valence-electron chi connectivity index (χ1n) is 10.4. The summed E-state index contributed by atoms with van der Waals surface area (Å²) < 4.78 is 10.8. The van der Waals surface area contributed by atoms with E-state index in [-0.39, 0.29) is 11.5 Å². The summed E-state index contributed by atoms with van der Waals surface area (Å²) >= 11 is 0. The van der Waals surface area contributed by atoms with Crippen LogP contribution in [0.15, 0.2) is 88.9 Å². The summed E-state index contributed by atoms with van der Waals surface area (Å²) in [6.45, 7) is 2.06. The van der Waals surface area contributed by atoms with Gasteiger partial charge in [-0.2, -0.15) is 5.26 Å². The van der Waals surface area contributed by atoms with E-state index in [1.807, 2.05) is 42.5 Å². The van der Waals surface area contributed by atoms with Gasteiger partial charge in [-0.1, -0.05) is 42.5 Å². The lowest BCUT2D eigenvalue weighted by Crippen LogP contribution is -2.13. The number of carbonyl (C=O) groups excluding carboxylic acids is 2. The normalized spacial score (nSPS) is 11.1. The van der Waals surface area contributed by atoms with Gasteiger partial charge in [0.1, 0.15) is 23.2 Å². The number of anilines is 1. The van der Waals surface area contributed by atoms with Gasteiger partial charge in [0.2, 0.25) is 0 Å². The first-order chi connectivity index (χ1) is 16.1. The smallest absolute Gasteiger partial charge is 0.338 e. The van der Waals surface area contributed by atoms with Crippen molar-refractivity contribution in [3.63, 3.8) is 0 Å². The molecule has 0 radical (unpaired) electrons. The van der Waals surface area contributed by atoms with Gasteiger partial charge in [-0.3, -0.25) is 4.79 Å². The third kappa shape index (κ3) is 5.00. The van der Waals surface area contributed by atoms with Crippen LogP contribution in [0, 0.1) is 11.3 Å². The van der Waals surface area contributed by atoms with Crippen LogP contribution in [0.25, 0.3) is 28.2 Å². The molecule has 1 amide bonds. The molecule has 33 heavy (non-hydrogen) atoms. The van der Waals surface area contributed by atoms with E-state index in [9.17, 15) is 14.9 Å². The Balaban J connectivity index is 1.49. The lowest BCUT2D eigenvalue weighted by Gasteiger charge is -2.06. The maximum absolute atomic E-state index is 12.6. The van der Waals surface area contributed by atoms with Crippen LogP contribution < -0.4 is 5.32 Å². The van der Waals surface area contributed by atoms with Gasteiger partial charge in [0.15, 0.2) is 0 Å². The third-order valence-electron chi connectivity index (χ3n) is 4.97. The predicted molar refractivity (Wildman–Crippen MR) is 126 cm³/mol. The number of nitrogens with zero attached hydrogens (tertiary/aromatic N) is 1. The van der Waals surface area contributed by atoms with E-state index in [0.29, 0.717) is 29.4 Å². The van der Waals surface area contributed by atoms with Crippen LogP contribution in [0.3, 0.4) is 0 Å². The number of benzene rings is 3. The van der Waals surface area contributed by atoms with Crippen molar-refractivity contribution < 1.29 is 18.7 Å². The summed E-state index contributed by atoms with van der Waals surface area (Å²) in [5, 5.41) is 14.3. The number of ether oxygens (including phenoxy) is 1. The van der Waals surface area contributed by atoms with Crippen molar-refractivity contribution in [2.45, 2.75) is 6.92 Å². The molecule has 6 heteroatoms. The molecule has 0 bridgehead atoms. The van der Waals surface area contributed by atoms with E-state index >= 15 is 0 Å². The van der Waals surface area contributed by atoms with Gasteiger partial charge < -0.3 is 14.5 Å². The summed E-state index contributed by atoms with van der Waals surface area (Å²) in [5.41, 5.74) is 1.72. The lowest BCUT2D eigenvalue weighted by molar-refractivity contribution is -0.112. The van der Waals surface area contributed by atoms with E-state index < -0.39 is 5.91 Å². The van der Waals surface area contributed by atoms with E-state index in [4.69, 9.17) is 9.15 Å². The molecule has 0 unspecified atom stereocenters. The molecule has 6 nitrogen and oxygen atoms in total. The fraction of sp³-hybridized carbons (Fsp3) is 0.0741. The predicted octanol–water partition coefficient (Wildman–Crippen LogP) is 5.82. The molecule has 0 saturated heterocycles. The van der Waals surface area contributed by atoms with Crippen molar-refractivity contribution >= 4 is 34.4 Å². The number of fused-ring (bicyclic) bond motifs is 1. The van der Waals surface area contributed by atoms with Gasteiger partial charge in [-0.25, -0.2) is 4.79 Å². The Morgan fingerprint density at radius 3 is 2.48 bits per heavy atom. The summed E-state index contributed by atoms with van der Waals surface area (Å²) in [4.78, 5) is 24.4. The second-order valence-electron chi connectivity index (χ2n) is 7.19. The molecule has 0 atom stereocenters. The first-order valence-corrected chi connectivity index (χ1v) is 10.4. The fourth-order valence-corrected chi connectivity index (χ4v) is 3.33. The summed E-state index contributed by atoms with van der Waals surface area (Å²) in [7, 11) is 0. The molecular weight excluding hydrogens is 416 g/mol. The molecule has 162 valence electrons. The van der Waals surface area contributed by atoms with Crippen LogP contribution in [0.4, 0.5) is 5.69 Å². The highest BCUT2D eigenvalue weighted by molar-refractivity contribution is 6.10. The highest BCUT2D eigenvalue weighted by Gasteiger charge is 2.13. The summed E-state index contributed by atoms with van der Waals surface area (Å²) in [5.74, 6) is 0.00120. The highest BCUT2D eigenvalue weighted by Crippen LogP contribution is 2.25. The third-order valence-corrected chi connectivity index (χ3v) is 4.97. The van der Waals surface area contributed by atoms with Crippen LogP contribution in [-0.4, -0.2) is 18.5 Å². The number of hydrogen-bond acceptors (Lipinski definition) is 5. The molecule has 3 aromatic carbocycles. The minimum atomic E-state index is -0.524. The maximum Gasteiger partial charge on any atom is 0.338 e. The van der Waals surface area contributed by atoms with Crippen molar-refractivity contribution in [1.29, 1.82) is 5.26 Å². The molecule has 4 rings (SSSR count). The Kier molecular flexibility index (Phi) is 6.33. The van der Waals surface area contributed by atoms with Crippen LogP contribution >= 0.6 is 0 Å². The standard InChI is InChI=1S/C27H20N2O4/c1-2-32-27(31)20-9-7-19(8-10-20)25-14-13-24(33-25)16-22(17-28)26(30)29-23-12-11-18-5-3-4-6-21(18)15-23/h3-16H,2H2,1H3,(H,29,30)/b22-16+. The number of nitriles is 1. The van der Waals surface area contributed by atoms with E-state index in [0.717, 1.165) is 16.3 Å². The number of carbonyl (C=O) groups is 2. The molecule has 0 fully saturated rings. The van der Waals surface area contributed by atoms with Crippen LogP contribution in [0.5, 0.6) is 0 Å². The number of furan rings is 1. The summed E-state index contributed by atoms with van der Waals surface area (Å²) in [6.07, 6.45) is 1.40. The van der Waals surface area contributed by atoms with Gasteiger partial charge in [0.05, 0.1) is 12.2 Å². The molecule has 0 aliphatic rings. The number of esters is 1. The zero-order valence-corrected chi connectivity index (χ0v) is 17.9. The lowest BCUT2D eigenvalue weighted by atomic mass is 10.1. The average molecular weight is 436 g/mol. The molecule has 0 aliphatic carbocycles. The number of amides is 1. The van der Waals surface area contributed by atoms with Gasteiger partial charge in [0, 0.05) is 17.3 Å². The zero-order chi connectivity index (χ0) is 23.2. The van der Waals surface area contributed by atoms with E-state index in [1.165, 1.54) is 6.08 Å². The van der Waals surface area contributed by atoms with Gasteiger partial charge in [-0.15, -0.1) is 0 Å². The SMILES string of the molecule is CCOC(=O)c1ccc(-c2ccc(/C=C(\C#N)C(=O)Nc3ccc4ccccc4c3)o2)cc1. The van der Waals surface area contributed by atoms with Gasteiger partial charge >= 0.3 is 5.97 Å². The van der Waals surface area contributed by atoms with Crippen LogP contribution in [-0.2, 0) is 9.53 Å². The number of hydrogen-bond donors (Lipinski definition) is 1. The maximum atomic E-state index is 12.6. The molecule has 0 saturated carbocycles. The second-order valence-corrected chi connectivity index (χ2v) is 7.19. The van der Waals surface area contributed by atoms with Crippen molar-refractivity contribution in [2.75, 3.05) is 11.9 Å². The molecule has 0 aliphatic heterocycles. The highest BCUT2D eigenvalue weighted by atomic mass is 16.5. The van der Waals surface area contributed by atoms with Crippen LogP contribution in [0.1, 0.15) is 23.0 Å². The molecular formula is C27H20N2O4. The Morgan fingerprint density at radius 1 is 1.00 bits per heavy atom. The number of rotatable bonds is 6. The quantitative estimate of drug-likeness (QED) is 0.233. The monoisotopic (exact) mass is 436 g/mol. The molecule has 1 N–H and O–H groups in total. The zero-order valence-electron chi connectivity index (χ0n) is 17.9. The average Bonchev–Trinajstić information content (AvgIpc) is 3.31. The Morgan fingerprint density at radius 2 is 1.76 bits per heavy atom. The van der Waals surface area contributed by atoms with Crippen LogP contribution in [0.2, 0.25) is 0 Å². The molecule has 0 spiro atoms. The van der Waals surface area contributed by atoms with Gasteiger partial charge in [-0.05, 0) is 54.1 Å². The minimum absolute atomic E-state index is 0.0817.